The number of hydrazine groups is 1. The smallest absolute Gasteiger partial charge is 0.257 e. The minimum atomic E-state index is -0.209. The molecule has 120 valence electrons. The van der Waals surface area contributed by atoms with Crippen molar-refractivity contribution in [3.63, 3.8) is 0 Å². The minimum Gasteiger partial charge on any atom is -0.376 e. The Morgan fingerprint density at radius 2 is 1.65 bits per heavy atom. The summed E-state index contributed by atoms with van der Waals surface area (Å²) in [6.07, 6.45) is 0.994. The molecule has 0 unspecified atom stereocenters. The first-order valence-electron chi connectivity index (χ1n) is 7.41. The van der Waals surface area contributed by atoms with Crippen molar-refractivity contribution in [2.45, 2.75) is 13.3 Å². The number of benzene rings is 2. The summed E-state index contributed by atoms with van der Waals surface area (Å²) in [5, 5.41) is 6.36. The number of thiocarbonyl (C=S) groups is 1. The molecule has 4 N–H and O–H groups in total. The van der Waals surface area contributed by atoms with Crippen molar-refractivity contribution in [1.82, 2.24) is 10.9 Å². The van der Waals surface area contributed by atoms with Crippen LogP contribution < -0.4 is 21.5 Å². The number of hydrogen-bond donors (Lipinski definition) is 4. The third-order valence-electron chi connectivity index (χ3n) is 3.16. The van der Waals surface area contributed by atoms with Crippen LogP contribution in [-0.2, 0) is 11.2 Å². The summed E-state index contributed by atoms with van der Waals surface area (Å²) in [7, 11) is 0. The standard InChI is InChI=1S/C17H20N4OS/c1-2-13-8-10-15(11-9-13)19-17(23)21-20-16(22)12-18-14-6-4-3-5-7-14/h3-11,18H,2,12H2,1H3,(H,20,22)(H2,19,21,23). The normalized spacial score (nSPS) is 9.78. The molecular formula is C17H20N4OS. The summed E-state index contributed by atoms with van der Waals surface area (Å²) >= 11 is 5.14. The number of aryl methyl sites for hydroxylation is 1. The lowest BCUT2D eigenvalue weighted by Gasteiger charge is -2.12. The van der Waals surface area contributed by atoms with Crippen LogP contribution in [0.5, 0.6) is 0 Å². The predicted octanol–water partition coefficient (Wildman–Crippen LogP) is 2.68. The summed E-state index contributed by atoms with van der Waals surface area (Å²) in [4.78, 5) is 11.7. The summed E-state index contributed by atoms with van der Waals surface area (Å²) < 4.78 is 0. The zero-order valence-corrected chi connectivity index (χ0v) is 13.7. The molecule has 0 atom stereocenters. The first-order chi connectivity index (χ1) is 11.2. The molecule has 2 aromatic carbocycles. The first-order valence-corrected chi connectivity index (χ1v) is 7.82. The van der Waals surface area contributed by atoms with Gasteiger partial charge in [0, 0.05) is 11.4 Å². The topological polar surface area (TPSA) is 65.2 Å². The van der Waals surface area contributed by atoms with Crippen LogP contribution in [0.2, 0.25) is 0 Å². The Hall–Kier alpha value is -2.60. The van der Waals surface area contributed by atoms with Crippen molar-refractivity contribution in [3.8, 4) is 0 Å². The van der Waals surface area contributed by atoms with Gasteiger partial charge in [-0.1, -0.05) is 37.3 Å². The van der Waals surface area contributed by atoms with E-state index in [-0.39, 0.29) is 12.5 Å². The van der Waals surface area contributed by atoms with Crippen molar-refractivity contribution < 1.29 is 4.79 Å². The molecule has 5 nitrogen and oxygen atoms in total. The molecule has 23 heavy (non-hydrogen) atoms. The number of carbonyl (C=O) groups is 1. The molecule has 0 aliphatic carbocycles. The average Bonchev–Trinajstić information content (AvgIpc) is 2.60. The van der Waals surface area contributed by atoms with Crippen molar-refractivity contribution >= 4 is 34.6 Å². The Bertz CT molecular complexity index is 643. The molecule has 1 amide bonds. The van der Waals surface area contributed by atoms with Gasteiger partial charge in [0.05, 0.1) is 6.54 Å². The Morgan fingerprint density at radius 1 is 0.957 bits per heavy atom. The third kappa shape index (κ3) is 5.96. The second-order valence-corrected chi connectivity index (χ2v) is 5.31. The van der Waals surface area contributed by atoms with Gasteiger partial charge < -0.3 is 10.6 Å². The molecule has 0 heterocycles. The molecule has 0 radical (unpaired) electrons. The van der Waals surface area contributed by atoms with Gasteiger partial charge in [0.2, 0.25) is 0 Å². The van der Waals surface area contributed by atoms with Crippen LogP contribution in [0.25, 0.3) is 0 Å². The van der Waals surface area contributed by atoms with E-state index in [0.29, 0.717) is 5.11 Å². The summed E-state index contributed by atoms with van der Waals surface area (Å²) in [5.41, 5.74) is 8.24. The van der Waals surface area contributed by atoms with Gasteiger partial charge in [0.25, 0.3) is 5.91 Å². The van der Waals surface area contributed by atoms with E-state index >= 15 is 0 Å². The van der Waals surface area contributed by atoms with E-state index in [1.807, 2.05) is 54.6 Å². The molecule has 0 saturated carbocycles. The van der Waals surface area contributed by atoms with Gasteiger partial charge in [-0.05, 0) is 48.5 Å². The van der Waals surface area contributed by atoms with Crippen LogP contribution >= 0.6 is 12.2 Å². The van der Waals surface area contributed by atoms with Crippen molar-refractivity contribution in [2.24, 2.45) is 0 Å². The van der Waals surface area contributed by atoms with Gasteiger partial charge in [0.1, 0.15) is 0 Å². The molecule has 0 aliphatic heterocycles. The zero-order chi connectivity index (χ0) is 16.5. The van der Waals surface area contributed by atoms with E-state index in [0.717, 1.165) is 17.8 Å². The van der Waals surface area contributed by atoms with Crippen LogP contribution in [0.1, 0.15) is 12.5 Å². The largest absolute Gasteiger partial charge is 0.376 e. The average molecular weight is 328 g/mol. The Balaban J connectivity index is 1.69. The SMILES string of the molecule is CCc1ccc(NC(=S)NNC(=O)CNc2ccccc2)cc1. The lowest BCUT2D eigenvalue weighted by Crippen LogP contribution is -2.45. The number of nitrogens with one attached hydrogen (secondary N) is 4. The number of hydrogen-bond acceptors (Lipinski definition) is 3. The maximum Gasteiger partial charge on any atom is 0.257 e. The minimum absolute atomic E-state index is 0.158. The summed E-state index contributed by atoms with van der Waals surface area (Å²) in [5.74, 6) is -0.209. The van der Waals surface area contributed by atoms with Crippen LogP contribution in [-0.4, -0.2) is 17.6 Å². The van der Waals surface area contributed by atoms with Gasteiger partial charge >= 0.3 is 0 Å². The van der Waals surface area contributed by atoms with Crippen LogP contribution in [0.4, 0.5) is 11.4 Å². The highest BCUT2D eigenvalue weighted by Gasteiger charge is 2.02. The van der Waals surface area contributed by atoms with E-state index in [2.05, 4.69) is 28.4 Å². The molecule has 2 aromatic rings. The van der Waals surface area contributed by atoms with E-state index in [1.54, 1.807) is 0 Å². The Labute approximate surface area is 141 Å². The number of amides is 1. The maximum absolute atomic E-state index is 11.7. The highest BCUT2D eigenvalue weighted by Crippen LogP contribution is 2.09. The highest BCUT2D eigenvalue weighted by molar-refractivity contribution is 7.80. The molecule has 0 aliphatic rings. The summed E-state index contributed by atoms with van der Waals surface area (Å²) in [6.45, 7) is 2.26. The predicted molar refractivity (Wildman–Crippen MR) is 98.3 cm³/mol. The molecular weight excluding hydrogens is 308 g/mol. The molecule has 2 rings (SSSR count). The quantitative estimate of drug-likeness (QED) is 0.502. The van der Waals surface area contributed by atoms with Crippen molar-refractivity contribution in [3.05, 3.63) is 60.2 Å². The fraction of sp³-hybridized carbons (Fsp3) is 0.176. The van der Waals surface area contributed by atoms with Gasteiger partial charge in [0.15, 0.2) is 5.11 Å². The fourth-order valence-corrected chi connectivity index (χ4v) is 2.06. The van der Waals surface area contributed by atoms with Crippen LogP contribution in [0.15, 0.2) is 54.6 Å². The van der Waals surface area contributed by atoms with Crippen molar-refractivity contribution in [2.75, 3.05) is 17.2 Å². The summed E-state index contributed by atoms with van der Waals surface area (Å²) in [6, 6.07) is 17.5. The van der Waals surface area contributed by atoms with Gasteiger partial charge in [-0.15, -0.1) is 0 Å². The Morgan fingerprint density at radius 3 is 2.30 bits per heavy atom. The van der Waals surface area contributed by atoms with Gasteiger partial charge in [-0.25, -0.2) is 0 Å². The second-order valence-electron chi connectivity index (χ2n) is 4.90. The highest BCUT2D eigenvalue weighted by atomic mass is 32.1. The van der Waals surface area contributed by atoms with E-state index in [4.69, 9.17) is 12.2 Å². The third-order valence-corrected chi connectivity index (χ3v) is 3.37. The molecule has 0 bridgehead atoms. The zero-order valence-electron chi connectivity index (χ0n) is 12.9. The van der Waals surface area contributed by atoms with Gasteiger partial charge in [-0.2, -0.15) is 0 Å². The number of anilines is 2. The molecule has 6 heteroatoms. The maximum atomic E-state index is 11.7. The number of carbonyl (C=O) groups excluding carboxylic acids is 1. The fourth-order valence-electron chi connectivity index (χ4n) is 1.90. The van der Waals surface area contributed by atoms with Gasteiger partial charge in [-0.3, -0.25) is 15.6 Å². The lowest BCUT2D eigenvalue weighted by atomic mass is 10.1. The number of rotatable bonds is 5. The Kier molecular flexibility index (Phi) is 6.38. The van der Waals surface area contributed by atoms with Crippen LogP contribution in [0, 0.1) is 0 Å². The van der Waals surface area contributed by atoms with Crippen molar-refractivity contribution in [1.29, 1.82) is 0 Å². The molecule has 0 aromatic heterocycles. The molecule has 0 saturated heterocycles. The number of para-hydroxylation sites is 1. The monoisotopic (exact) mass is 328 g/mol. The van der Waals surface area contributed by atoms with E-state index < -0.39 is 0 Å². The molecule has 0 spiro atoms. The first kappa shape index (κ1) is 16.8. The van der Waals surface area contributed by atoms with Crippen LogP contribution in [0.3, 0.4) is 0 Å². The van der Waals surface area contributed by atoms with E-state index in [1.165, 1.54) is 5.56 Å². The second kappa shape index (κ2) is 8.75. The molecule has 0 fully saturated rings. The van der Waals surface area contributed by atoms with E-state index in [9.17, 15) is 4.79 Å². The lowest BCUT2D eigenvalue weighted by molar-refractivity contribution is -0.119.